The minimum atomic E-state index is 0.535. The van der Waals surface area contributed by atoms with Crippen LogP contribution in [0.3, 0.4) is 0 Å². The highest BCUT2D eigenvalue weighted by atomic mass is 16.5. The quantitative estimate of drug-likeness (QED) is 0.823. The zero-order valence-electron chi connectivity index (χ0n) is 8.30. The molecule has 15 heavy (non-hydrogen) atoms. The molecular formula is C10H11N3O2. The van der Waals surface area contributed by atoms with Crippen molar-refractivity contribution >= 4 is 5.82 Å². The van der Waals surface area contributed by atoms with E-state index < -0.39 is 0 Å². The minimum Gasteiger partial charge on any atom is -0.493 e. The Bertz CT molecular complexity index is 414. The van der Waals surface area contributed by atoms with Crippen LogP contribution in [0.4, 0.5) is 5.82 Å². The lowest BCUT2D eigenvalue weighted by atomic mass is 10.4. The third kappa shape index (κ3) is 2.25. The summed E-state index contributed by atoms with van der Waals surface area (Å²) in [5.41, 5.74) is 0. The summed E-state index contributed by atoms with van der Waals surface area (Å²) in [5, 5.41) is 6.71. The van der Waals surface area contributed by atoms with Crippen LogP contribution in [0, 0.1) is 0 Å². The number of aromatic nitrogens is 2. The Morgan fingerprint density at radius 2 is 2.33 bits per heavy atom. The summed E-state index contributed by atoms with van der Waals surface area (Å²) in [4.78, 5) is 4.15. The van der Waals surface area contributed by atoms with Crippen molar-refractivity contribution in [2.45, 2.75) is 6.54 Å². The fourth-order valence-electron chi connectivity index (χ4n) is 1.19. The Kier molecular flexibility index (Phi) is 2.82. The number of methoxy groups -OCH3 is 1. The van der Waals surface area contributed by atoms with E-state index in [-0.39, 0.29) is 0 Å². The molecule has 0 saturated carbocycles. The second-order valence-electron chi connectivity index (χ2n) is 2.89. The summed E-state index contributed by atoms with van der Waals surface area (Å²) >= 11 is 0. The fraction of sp³-hybridized carbons (Fsp3) is 0.200. The Morgan fingerprint density at radius 3 is 3.07 bits per heavy atom. The minimum absolute atomic E-state index is 0.535. The summed E-state index contributed by atoms with van der Waals surface area (Å²) in [6, 6.07) is 5.45. The van der Waals surface area contributed by atoms with Crippen LogP contribution in [-0.2, 0) is 6.54 Å². The number of anilines is 1. The number of hydrogen-bond acceptors (Lipinski definition) is 5. The lowest BCUT2D eigenvalue weighted by Crippen LogP contribution is -2.02. The van der Waals surface area contributed by atoms with Gasteiger partial charge in [0.15, 0.2) is 17.3 Å². The molecule has 0 amide bonds. The molecule has 5 nitrogen and oxygen atoms in total. The molecule has 0 aromatic carbocycles. The largest absolute Gasteiger partial charge is 0.493 e. The number of rotatable bonds is 4. The fourth-order valence-corrected chi connectivity index (χ4v) is 1.19. The molecule has 0 fully saturated rings. The molecule has 0 aliphatic rings. The summed E-state index contributed by atoms with van der Waals surface area (Å²) in [6.07, 6.45) is 3.30. The molecule has 0 aliphatic heterocycles. The number of hydrogen-bond donors (Lipinski definition) is 1. The zero-order valence-corrected chi connectivity index (χ0v) is 8.30. The Balaban J connectivity index is 2.04. The van der Waals surface area contributed by atoms with Crippen molar-refractivity contribution in [2.24, 2.45) is 0 Å². The normalized spacial score (nSPS) is 9.93. The standard InChI is InChI=1S/C10H11N3O2/c1-14-9-3-2-5-11-10(9)12-7-8-4-6-13-15-8/h2-6H,7H2,1H3,(H,11,12). The Labute approximate surface area is 87.1 Å². The van der Waals surface area contributed by atoms with Crippen LogP contribution >= 0.6 is 0 Å². The first-order chi connectivity index (χ1) is 7.40. The van der Waals surface area contributed by atoms with Crippen LogP contribution in [-0.4, -0.2) is 17.3 Å². The second kappa shape index (κ2) is 4.45. The van der Waals surface area contributed by atoms with E-state index in [9.17, 15) is 0 Å². The van der Waals surface area contributed by atoms with Crippen LogP contribution in [0.25, 0.3) is 0 Å². The van der Waals surface area contributed by atoms with Crippen molar-refractivity contribution in [1.82, 2.24) is 10.1 Å². The molecule has 0 saturated heterocycles. The summed E-state index contributed by atoms with van der Waals surface area (Å²) in [6.45, 7) is 0.535. The van der Waals surface area contributed by atoms with Crippen molar-refractivity contribution < 1.29 is 9.26 Å². The summed E-state index contributed by atoms with van der Waals surface area (Å²) < 4.78 is 10.1. The molecule has 0 bridgehead atoms. The van der Waals surface area contributed by atoms with Gasteiger partial charge in [-0.05, 0) is 12.1 Å². The monoisotopic (exact) mass is 205 g/mol. The third-order valence-corrected chi connectivity index (χ3v) is 1.91. The maximum absolute atomic E-state index is 5.14. The van der Waals surface area contributed by atoms with Gasteiger partial charge in [-0.2, -0.15) is 0 Å². The van der Waals surface area contributed by atoms with E-state index in [0.29, 0.717) is 18.1 Å². The average molecular weight is 205 g/mol. The van der Waals surface area contributed by atoms with Crippen LogP contribution in [0.15, 0.2) is 35.1 Å². The average Bonchev–Trinajstić information content (AvgIpc) is 2.79. The topological polar surface area (TPSA) is 60.2 Å². The van der Waals surface area contributed by atoms with E-state index in [2.05, 4.69) is 15.5 Å². The molecule has 2 rings (SSSR count). The van der Waals surface area contributed by atoms with E-state index in [1.165, 1.54) is 0 Å². The van der Waals surface area contributed by atoms with Crippen molar-refractivity contribution in [2.75, 3.05) is 12.4 Å². The van der Waals surface area contributed by atoms with Crippen LogP contribution in [0.1, 0.15) is 5.76 Å². The van der Waals surface area contributed by atoms with Gasteiger partial charge in [-0.25, -0.2) is 4.98 Å². The molecule has 2 heterocycles. The highest BCUT2D eigenvalue weighted by Crippen LogP contribution is 2.20. The number of nitrogens with zero attached hydrogens (tertiary/aromatic N) is 2. The van der Waals surface area contributed by atoms with Gasteiger partial charge in [-0.1, -0.05) is 5.16 Å². The van der Waals surface area contributed by atoms with Crippen molar-refractivity contribution in [1.29, 1.82) is 0 Å². The maximum atomic E-state index is 5.14. The van der Waals surface area contributed by atoms with Gasteiger partial charge >= 0.3 is 0 Å². The molecule has 78 valence electrons. The smallest absolute Gasteiger partial charge is 0.169 e. The maximum Gasteiger partial charge on any atom is 0.169 e. The van der Waals surface area contributed by atoms with E-state index in [1.807, 2.05) is 12.1 Å². The number of ether oxygens (including phenoxy) is 1. The van der Waals surface area contributed by atoms with Gasteiger partial charge in [-0.3, -0.25) is 0 Å². The molecule has 0 atom stereocenters. The van der Waals surface area contributed by atoms with Gasteiger partial charge in [0, 0.05) is 12.3 Å². The highest BCUT2D eigenvalue weighted by Gasteiger charge is 2.03. The van der Waals surface area contributed by atoms with Gasteiger partial charge in [0.1, 0.15) is 0 Å². The van der Waals surface area contributed by atoms with Gasteiger partial charge in [-0.15, -0.1) is 0 Å². The SMILES string of the molecule is COc1cccnc1NCc1ccno1. The highest BCUT2D eigenvalue weighted by molar-refractivity contribution is 5.49. The molecule has 2 aromatic rings. The van der Waals surface area contributed by atoms with Crippen molar-refractivity contribution in [3.05, 3.63) is 36.4 Å². The van der Waals surface area contributed by atoms with Crippen LogP contribution in [0.5, 0.6) is 5.75 Å². The molecule has 2 aromatic heterocycles. The summed E-state index contributed by atoms with van der Waals surface area (Å²) in [5.74, 6) is 2.15. The van der Waals surface area contributed by atoms with E-state index in [1.54, 1.807) is 25.6 Å². The van der Waals surface area contributed by atoms with Gasteiger partial charge < -0.3 is 14.6 Å². The predicted octanol–water partition coefficient (Wildman–Crippen LogP) is 1.69. The first-order valence-electron chi connectivity index (χ1n) is 4.52. The van der Waals surface area contributed by atoms with Crippen LogP contribution < -0.4 is 10.1 Å². The van der Waals surface area contributed by atoms with Crippen LogP contribution in [0.2, 0.25) is 0 Å². The van der Waals surface area contributed by atoms with E-state index in [0.717, 1.165) is 5.76 Å². The van der Waals surface area contributed by atoms with Gasteiger partial charge in [0.2, 0.25) is 0 Å². The Morgan fingerprint density at radius 1 is 1.40 bits per heavy atom. The second-order valence-corrected chi connectivity index (χ2v) is 2.89. The lowest BCUT2D eigenvalue weighted by molar-refractivity contribution is 0.387. The summed E-state index contributed by atoms with van der Waals surface area (Å²) in [7, 11) is 1.61. The number of nitrogens with one attached hydrogen (secondary N) is 1. The Hall–Kier alpha value is -2.04. The first kappa shape index (κ1) is 9.51. The van der Waals surface area contributed by atoms with Crippen molar-refractivity contribution in [3.63, 3.8) is 0 Å². The predicted molar refractivity (Wildman–Crippen MR) is 54.6 cm³/mol. The third-order valence-electron chi connectivity index (χ3n) is 1.91. The molecule has 0 spiro atoms. The van der Waals surface area contributed by atoms with Crippen molar-refractivity contribution in [3.8, 4) is 5.75 Å². The zero-order chi connectivity index (χ0) is 10.5. The van der Waals surface area contributed by atoms with E-state index >= 15 is 0 Å². The van der Waals surface area contributed by atoms with Gasteiger partial charge in [0.05, 0.1) is 19.9 Å². The molecule has 1 N–H and O–H groups in total. The molecule has 0 radical (unpaired) electrons. The molecule has 0 aliphatic carbocycles. The molecule has 5 heteroatoms. The first-order valence-corrected chi connectivity index (χ1v) is 4.52. The molecular weight excluding hydrogens is 194 g/mol. The van der Waals surface area contributed by atoms with Gasteiger partial charge in [0.25, 0.3) is 0 Å². The lowest BCUT2D eigenvalue weighted by Gasteiger charge is -2.07. The van der Waals surface area contributed by atoms with E-state index in [4.69, 9.17) is 9.26 Å². The molecule has 0 unspecified atom stereocenters. The number of pyridine rings is 1.